The molecule has 0 aromatic carbocycles. The lowest BCUT2D eigenvalue weighted by Crippen LogP contribution is -2.30. The van der Waals surface area contributed by atoms with Gasteiger partial charge in [0, 0.05) is 25.7 Å². The number of phosphoric ester groups is 2. The third-order valence-electron chi connectivity index (χ3n) is 14.6. The number of esters is 4. The van der Waals surface area contributed by atoms with Crippen molar-refractivity contribution < 1.29 is 80.2 Å². The summed E-state index contributed by atoms with van der Waals surface area (Å²) in [5.74, 6) is 0.688. The highest BCUT2D eigenvalue weighted by Gasteiger charge is 2.30. The van der Waals surface area contributed by atoms with Crippen molar-refractivity contribution in [2.24, 2.45) is 23.7 Å². The van der Waals surface area contributed by atoms with E-state index in [4.69, 9.17) is 37.0 Å². The minimum absolute atomic E-state index is 0.102. The molecular weight excluding hydrogens is 1100 g/mol. The molecule has 3 N–H and O–H groups in total. The highest BCUT2D eigenvalue weighted by atomic mass is 31.2. The Labute approximate surface area is 505 Å². The molecule has 5 atom stereocenters. The Morgan fingerprint density at radius 1 is 0.301 bits per heavy atom. The van der Waals surface area contributed by atoms with Crippen LogP contribution in [0.3, 0.4) is 0 Å². The number of rotatable bonds is 61. The molecule has 0 heterocycles. The van der Waals surface area contributed by atoms with Crippen molar-refractivity contribution in [2.75, 3.05) is 39.6 Å². The number of unbranched alkanes of at least 4 members (excludes halogenated alkanes) is 27. The zero-order valence-electron chi connectivity index (χ0n) is 53.8. The molecule has 0 bridgehead atoms. The van der Waals surface area contributed by atoms with Crippen LogP contribution in [-0.4, -0.2) is 96.7 Å². The quantitative estimate of drug-likeness (QED) is 0.0222. The zero-order chi connectivity index (χ0) is 61.8. The third kappa shape index (κ3) is 58.8. The molecule has 83 heavy (non-hydrogen) atoms. The van der Waals surface area contributed by atoms with Gasteiger partial charge in [-0.05, 0) is 49.4 Å². The van der Waals surface area contributed by atoms with Gasteiger partial charge in [0.05, 0.1) is 26.4 Å². The molecule has 0 spiro atoms. The van der Waals surface area contributed by atoms with E-state index >= 15 is 0 Å². The molecule has 17 nitrogen and oxygen atoms in total. The fourth-order valence-corrected chi connectivity index (χ4v) is 11.0. The Bertz CT molecular complexity index is 1660. The van der Waals surface area contributed by atoms with Crippen LogP contribution in [-0.2, 0) is 65.4 Å². The third-order valence-corrected chi connectivity index (χ3v) is 16.5. The molecule has 0 aromatic rings. The van der Waals surface area contributed by atoms with Gasteiger partial charge < -0.3 is 33.8 Å². The molecule has 19 heteroatoms. The SMILES string of the molecule is CC(C)CCCCCCCCCCCCCCC(=O)O[C@H](COC(=O)CCCCCCCCC(C)C)COP(=O)(O)OC[C@H](O)COP(=O)(O)OC[C@@H](COC(=O)CCCCCCCCC(C)C)OC(=O)CCCCCCCCCC(C)C. The molecule has 0 rings (SSSR count). The number of aliphatic hydroxyl groups excluding tert-OH is 1. The zero-order valence-corrected chi connectivity index (χ0v) is 55.6. The Morgan fingerprint density at radius 2 is 0.506 bits per heavy atom. The number of phosphoric acid groups is 2. The van der Waals surface area contributed by atoms with E-state index in [1.165, 1.54) is 96.3 Å². The number of carbonyl (C=O) groups excluding carboxylic acids is 4. The minimum atomic E-state index is -4.95. The van der Waals surface area contributed by atoms with E-state index in [0.717, 1.165) is 109 Å². The smallest absolute Gasteiger partial charge is 0.462 e. The number of hydrogen-bond acceptors (Lipinski definition) is 15. The highest BCUT2D eigenvalue weighted by molar-refractivity contribution is 7.47. The molecule has 0 saturated heterocycles. The van der Waals surface area contributed by atoms with Crippen molar-refractivity contribution in [2.45, 2.75) is 324 Å². The van der Waals surface area contributed by atoms with Gasteiger partial charge in [0.15, 0.2) is 12.2 Å². The second kappa shape index (κ2) is 54.2. The first-order valence-electron chi connectivity index (χ1n) is 33.2. The van der Waals surface area contributed by atoms with Gasteiger partial charge in [-0.3, -0.25) is 37.3 Å². The van der Waals surface area contributed by atoms with Gasteiger partial charge >= 0.3 is 39.5 Å². The Kier molecular flexibility index (Phi) is 53.0. The minimum Gasteiger partial charge on any atom is -0.462 e. The van der Waals surface area contributed by atoms with Crippen molar-refractivity contribution in [3.05, 3.63) is 0 Å². The van der Waals surface area contributed by atoms with Gasteiger partial charge in [0.25, 0.3) is 0 Å². The molecule has 0 saturated carbocycles. The Morgan fingerprint density at radius 3 is 0.747 bits per heavy atom. The summed E-state index contributed by atoms with van der Waals surface area (Å²) in [5.41, 5.74) is 0. The summed E-state index contributed by atoms with van der Waals surface area (Å²) in [6, 6.07) is 0. The maximum absolute atomic E-state index is 13.0. The maximum Gasteiger partial charge on any atom is 0.472 e. The lowest BCUT2D eigenvalue weighted by molar-refractivity contribution is -0.161. The monoisotopic (exact) mass is 1230 g/mol. The molecule has 2 unspecified atom stereocenters. The van der Waals surface area contributed by atoms with Gasteiger partial charge in [0.2, 0.25) is 0 Å². The van der Waals surface area contributed by atoms with E-state index < -0.39 is 97.5 Å². The normalized spacial score (nSPS) is 14.4. The lowest BCUT2D eigenvalue weighted by atomic mass is 10.0. The second-order valence-corrected chi connectivity index (χ2v) is 28.0. The van der Waals surface area contributed by atoms with Crippen molar-refractivity contribution in [3.8, 4) is 0 Å². The van der Waals surface area contributed by atoms with Crippen LogP contribution in [0.5, 0.6) is 0 Å². The lowest BCUT2D eigenvalue weighted by Gasteiger charge is -2.21. The molecule has 492 valence electrons. The molecule has 0 aliphatic carbocycles. The van der Waals surface area contributed by atoms with Crippen molar-refractivity contribution in [3.63, 3.8) is 0 Å². The predicted octanol–water partition coefficient (Wildman–Crippen LogP) is 17.4. The van der Waals surface area contributed by atoms with Crippen LogP contribution in [0.2, 0.25) is 0 Å². The van der Waals surface area contributed by atoms with E-state index in [1.807, 2.05) is 0 Å². The molecule has 0 aliphatic heterocycles. The van der Waals surface area contributed by atoms with Crippen LogP contribution in [0.25, 0.3) is 0 Å². The fourth-order valence-electron chi connectivity index (χ4n) is 9.43. The predicted molar refractivity (Wildman–Crippen MR) is 331 cm³/mol. The van der Waals surface area contributed by atoms with Gasteiger partial charge in [-0.25, -0.2) is 9.13 Å². The Hall–Kier alpha value is -1.94. The summed E-state index contributed by atoms with van der Waals surface area (Å²) in [6.45, 7) is 13.9. The van der Waals surface area contributed by atoms with Crippen molar-refractivity contribution >= 4 is 39.5 Å². The number of hydrogen-bond donors (Lipinski definition) is 3. The first kappa shape index (κ1) is 81.1. The summed E-state index contributed by atoms with van der Waals surface area (Å²) >= 11 is 0. The number of aliphatic hydroxyl groups is 1. The summed E-state index contributed by atoms with van der Waals surface area (Å²) < 4.78 is 67.9. The Balaban J connectivity index is 5.22. The summed E-state index contributed by atoms with van der Waals surface area (Å²) in [6.07, 6.45) is 33.9. The van der Waals surface area contributed by atoms with Crippen LogP contribution < -0.4 is 0 Å². The second-order valence-electron chi connectivity index (χ2n) is 25.1. The van der Waals surface area contributed by atoms with Crippen LogP contribution in [0.4, 0.5) is 0 Å². The maximum atomic E-state index is 13.0. The van der Waals surface area contributed by atoms with E-state index in [-0.39, 0.29) is 25.7 Å². The summed E-state index contributed by atoms with van der Waals surface area (Å²) in [4.78, 5) is 72.1. The van der Waals surface area contributed by atoms with Crippen LogP contribution in [0.15, 0.2) is 0 Å². The van der Waals surface area contributed by atoms with Gasteiger partial charge in [-0.2, -0.15) is 0 Å². The summed E-state index contributed by atoms with van der Waals surface area (Å²) in [7, 11) is -9.89. The van der Waals surface area contributed by atoms with Crippen LogP contribution in [0.1, 0.15) is 306 Å². The highest BCUT2D eigenvalue weighted by Crippen LogP contribution is 2.45. The first-order valence-corrected chi connectivity index (χ1v) is 36.2. The molecule has 0 radical (unpaired) electrons. The van der Waals surface area contributed by atoms with Crippen molar-refractivity contribution in [1.29, 1.82) is 0 Å². The van der Waals surface area contributed by atoms with Crippen molar-refractivity contribution in [1.82, 2.24) is 0 Å². The summed E-state index contributed by atoms with van der Waals surface area (Å²) in [5, 5.41) is 10.5. The van der Waals surface area contributed by atoms with E-state index in [1.54, 1.807) is 0 Å². The number of ether oxygens (including phenoxy) is 4. The fraction of sp³-hybridized carbons (Fsp3) is 0.938. The first-order chi connectivity index (χ1) is 39.6. The van der Waals surface area contributed by atoms with E-state index in [0.29, 0.717) is 43.4 Å². The largest absolute Gasteiger partial charge is 0.472 e. The number of carbonyl (C=O) groups is 4. The van der Waals surface area contributed by atoms with Gasteiger partial charge in [0.1, 0.15) is 19.3 Å². The standard InChI is InChI=1S/C64H124O17P2/c1-54(2)40-32-24-16-13-11-9-10-12-14-18-30-38-46-63(68)80-59(50-74-61(66)44-36-28-22-20-26-34-42-56(5)6)52-78-82(70,71)76-48-58(65)49-77-83(72,73)79-53-60(51-75-62(67)45-37-29-23-21-27-35-43-57(7)8)81-64(69)47-39-31-19-15-17-25-33-41-55(3)4/h54-60,65H,9-53H2,1-8H3,(H,70,71)(H,72,73)/t58-,59+,60+/m0/s1. The molecule has 0 aliphatic rings. The average molecular weight is 1230 g/mol. The average Bonchev–Trinajstić information content (AvgIpc) is 3.44. The molecule has 0 aromatic heterocycles. The topological polar surface area (TPSA) is 237 Å². The van der Waals surface area contributed by atoms with E-state index in [9.17, 15) is 43.2 Å². The molecule has 0 fully saturated rings. The van der Waals surface area contributed by atoms with Crippen LogP contribution >= 0.6 is 15.6 Å². The van der Waals surface area contributed by atoms with Gasteiger partial charge in [-0.15, -0.1) is 0 Å². The molecule has 0 amide bonds. The van der Waals surface area contributed by atoms with Gasteiger partial charge in [-0.1, -0.05) is 254 Å². The van der Waals surface area contributed by atoms with Crippen LogP contribution in [0, 0.1) is 23.7 Å². The molecular formula is C64H124O17P2. The van der Waals surface area contributed by atoms with E-state index in [2.05, 4.69) is 55.4 Å².